The predicted molar refractivity (Wildman–Crippen MR) is 87.0 cm³/mol. The average molecular weight is 344 g/mol. The Balaban J connectivity index is 0. The highest BCUT2D eigenvalue weighted by molar-refractivity contribution is 7.09. The van der Waals surface area contributed by atoms with Gasteiger partial charge in [-0.2, -0.15) is 0 Å². The zero-order chi connectivity index (χ0) is 13.5. The number of nitrogens with one attached hydrogen (secondary N) is 1. The number of amides is 1. The Labute approximate surface area is 136 Å². The van der Waals surface area contributed by atoms with E-state index in [1.165, 1.54) is 0 Å². The lowest BCUT2D eigenvalue weighted by molar-refractivity contribution is -0.124. The Morgan fingerprint density at radius 2 is 2.20 bits per heavy atom. The van der Waals surface area contributed by atoms with Crippen LogP contribution < -0.4 is 11.1 Å². The van der Waals surface area contributed by atoms with Gasteiger partial charge in [0.05, 0.1) is 29.3 Å². The number of nitrogens with two attached hydrogens (primary N) is 1. The first-order chi connectivity index (χ1) is 8.60. The molecule has 1 aromatic rings. The highest BCUT2D eigenvalue weighted by atomic mass is 35.5. The molecule has 0 bridgehead atoms. The van der Waals surface area contributed by atoms with Crippen molar-refractivity contribution in [1.82, 2.24) is 10.3 Å². The van der Waals surface area contributed by atoms with Crippen LogP contribution in [0.3, 0.4) is 0 Å². The lowest BCUT2D eigenvalue weighted by Crippen LogP contribution is -2.33. The monoisotopic (exact) mass is 343 g/mol. The number of carbonyl (C=O) groups is 1. The molecule has 0 aliphatic carbocycles. The Morgan fingerprint density at radius 1 is 1.55 bits per heavy atom. The number of hydrogen-bond donors (Lipinski definition) is 2. The van der Waals surface area contributed by atoms with Crippen LogP contribution in [-0.4, -0.2) is 30.6 Å². The van der Waals surface area contributed by atoms with Gasteiger partial charge < -0.3 is 15.8 Å². The minimum atomic E-state index is -0.223. The maximum absolute atomic E-state index is 11.8. The molecule has 8 heteroatoms. The number of nitrogens with zero attached hydrogens (tertiary/aromatic N) is 1. The van der Waals surface area contributed by atoms with Gasteiger partial charge in [0.1, 0.15) is 0 Å². The number of rotatable bonds is 7. The van der Waals surface area contributed by atoms with Gasteiger partial charge in [0.2, 0.25) is 5.91 Å². The molecule has 20 heavy (non-hydrogen) atoms. The molecule has 1 aromatic heterocycles. The van der Waals surface area contributed by atoms with E-state index >= 15 is 0 Å². The smallest absolute Gasteiger partial charge is 0.223 e. The second-order valence-corrected chi connectivity index (χ2v) is 5.05. The highest BCUT2D eigenvalue weighted by Gasteiger charge is 2.16. The van der Waals surface area contributed by atoms with E-state index in [0.29, 0.717) is 6.54 Å². The predicted octanol–water partition coefficient (Wildman–Crippen LogP) is 2.09. The number of aromatic nitrogens is 1. The van der Waals surface area contributed by atoms with Crippen LogP contribution in [0.15, 0.2) is 5.38 Å². The summed E-state index contributed by atoms with van der Waals surface area (Å²) < 4.78 is 5.08. The molecule has 0 aliphatic rings. The number of hydrogen-bond acceptors (Lipinski definition) is 5. The summed E-state index contributed by atoms with van der Waals surface area (Å²) in [5.74, 6) is -0.0640. The molecule has 0 aromatic carbocycles. The summed E-state index contributed by atoms with van der Waals surface area (Å²) in [6, 6.07) is -0.0793. The van der Waals surface area contributed by atoms with Gasteiger partial charge in [0.15, 0.2) is 0 Å². The van der Waals surface area contributed by atoms with Gasteiger partial charge in [-0.05, 0) is 13.3 Å². The van der Waals surface area contributed by atoms with E-state index in [2.05, 4.69) is 17.2 Å². The molecule has 118 valence electrons. The summed E-state index contributed by atoms with van der Waals surface area (Å²) >= 11 is 1.62. The second kappa shape index (κ2) is 11.3. The van der Waals surface area contributed by atoms with E-state index in [4.69, 9.17) is 10.5 Å². The summed E-state index contributed by atoms with van der Waals surface area (Å²) in [5, 5.41) is 5.97. The lowest BCUT2D eigenvalue weighted by atomic mass is 10.2. The molecule has 0 spiro atoms. The van der Waals surface area contributed by atoms with Gasteiger partial charge in [0.25, 0.3) is 0 Å². The van der Waals surface area contributed by atoms with Gasteiger partial charge in [-0.15, -0.1) is 36.2 Å². The van der Waals surface area contributed by atoms with Crippen LogP contribution in [-0.2, 0) is 16.0 Å². The number of methoxy groups -OCH3 is 1. The van der Waals surface area contributed by atoms with Gasteiger partial charge in [-0.1, -0.05) is 6.92 Å². The normalized spacial score (nSPS) is 12.8. The second-order valence-electron chi connectivity index (χ2n) is 4.11. The van der Waals surface area contributed by atoms with Crippen molar-refractivity contribution in [3.63, 3.8) is 0 Å². The Morgan fingerprint density at radius 3 is 2.65 bits per heavy atom. The Bertz CT molecular complexity index is 387. The molecule has 0 radical (unpaired) electrons. The van der Waals surface area contributed by atoms with E-state index in [1.807, 2.05) is 12.3 Å². The van der Waals surface area contributed by atoms with Crippen LogP contribution in [0.1, 0.15) is 37.0 Å². The quantitative estimate of drug-likeness (QED) is 0.794. The fourth-order valence-electron chi connectivity index (χ4n) is 1.53. The van der Waals surface area contributed by atoms with Crippen molar-refractivity contribution < 1.29 is 9.53 Å². The molecule has 3 N–H and O–H groups in total. The van der Waals surface area contributed by atoms with Crippen LogP contribution in [0.5, 0.6) is 0 Å². The van der Waals surface area contributed by atoms with Crippen molar-refractivity contribution in [3.05, 3.63) is 16.1 Å². The van der Waals surface area contributed by atoms with Crippen LogP contribution in [0.25, 0.3) is 0 Å². The van der Waals surface area contributed by atoms with E-state index < -0.39 is 0 Å². The molecule has 1 heterocycles. The van der Waals surface area contributed by atoms with E-state index in [1.54, 1.807) is 18.4 Å². The van der Waals surface area contributed by atoms with Crippen molar-refractivity contribution in [2.45, 2.75) is 38.8 Å². The molecule has 1 rings (SSSR count). The SMILES string of the molecule is CCc1nc(C(C)NC(=O)CC(CN)OC)cs1.Cl.Cl. The number of carbonyl (C=O) groups excluding carboxylic acids is 1. The minimum Gasteiger partial charge on any atom is -0.380 e. The first kappa shape index (κ1) is 21.9. The molecule has 0 saturated carbocycles. The summed E-state index contributed by atoms with van der Waals surface area (Å²) in [5.41, 5.74) is 6.39. The topological polar surface area (TPSA) is 77.2 Å². The third-order valence-electron chi connectivity index (χ3n) is 2.70. The molecular weight excluding hydrogens is 321 g/mol. The summed E-state index contributed by atoms with van der Waals surface area (Å²) in [6.45, 7) is 4.34. The Hall–Kier alpha value is -0.400. The zero-order valence-corrected chi connectivity index (χ0v) is 14.4. The lowest BCUT2D eigenvalue weighted by Gasteiger charge is -2.15. The first-order valence-electron chi connectivity index (χ1n) is 6.07. The van der Waals surface area contributed by atoms with E-state index in [9.17, 15) is 4.79 Å². The maximum Gasteiger partial charge on any atom is 0.223 e. The fourth-order valence-corrected chi connectivity index (χ4v) is 2.37. The van der Waals surface area contributed by atoms with Crippen molar-refractivity contribution >= 4 is 42.1 Å². The van der Waals surface area contributed by atoms with Gasteiger partial charge in [-0.3, -0.25) is 4.79 Å². The van der Waals surface area contributed by atoms with Crippen LogP contribution >= 0.6 is 36.2 Å². The van der Waals surface area contributed by atoms with Gasteiger partial charge in [0, 0.05) is 19.0 Å². The summed E-state index contributed by atoms with van der Waals surface area (Å²) in [4.78, 5) is 16.2. The average Bonchev–Trinajstić information content (AvgIpc) is 2.84. The Kier molecular flexibility index (Phi) is 12.3. The van der Waals surface area contributed by atoms with Crippen molar-refractivity contribution in [3.8, 4) is 0 Å². The third kappa shape index (κ3) is 6.85. The standard InChI is InChI=1S/C12H21N3O2S.2ClH/c1-4-12-15-10(7-18-12)8(2)14-11(16)5-9(6-13)17-3;;/h7-9H,4-6,13H2,1-3H3,(H,14,16);2*1H. The van der Waals surface area contributed by atoms with Crippen molar-refractivity contribution in [2.75, 3.05) is 13.7 Å². The number of thiazole rings is 1. The molecule has 0 aliphatic heterocycles. The van der Waals surface area contributed by atoms with Crippen LogP contribution in [0.2, 0.25) is 0 Å². The van der Waals surface area contributed by atoms with Crippen LogP contribution in [0.4, 0.5) is 0 Å². The van der Waals surface area contributed by atoms with Crippen molar-refractivity contribution in [1.29, 1.82) is 0 Å². The molecule has 2 atom stereocenters. The molecule has 2 unspecified atom stereocenters. The first-order valence-corrected chi connectivity index (χ1v) is 6.95. The largest absolute Gasteiger partial charge is 0.380 e. The van der Waals surface area contributed by atoms with E-state index in [0.717, 1.165) is 17.1 Å². The summed E-state index contributed by atoms with van der Waals surface area (Å²) in [6.07, 6.45) is 0.977. The van der Waals surface area contributed by atoms with E-state index in [-0.39, 0.29) is 49.3 Å². The molecule has 0 saturated heterocycles. The molecule has 5 nitrogen and oxygen atoms in total. The molecule has 1 amide bonds. The highest BCUT2D eigenvalue weighted by Crippen LogP contribution is 2.17. The summed E-state index contributed by atoms with van der Waals surface area (Å²) in [7, 11) is 1.56. The zero-order valence-electron chi connectivity index (χ0n) is 11.9. The van der Waals surface area contributed by atoms with Crippen molar-refractivity contribution in [2.24, 2.45) is 5.73 Å². The number of aryl methyl sites for hydroxylation is 1. The maximum atomic E-state index is 11.8. The minimum absolute atomic E-state index is 0. The van der Waals surface area contributed by atoms with Crippen LogP contribution in [0, 0.1) is 0 Å². The molecular formula is C12H23Cl2N3O2S. The third-order valence-corrected chi connectivity index (χ3v) is 3.71. The van der Waals surface area contributed by atoms with Gasteiger partial charge >= 0.3 is 0 Å². The fraction of sp³-hybridized carbons (Fsp3) is 0.667. The number of ether oxygens (including phenoxy) is 1. The van der Waals surface area contributed by atoms with Gasteiger partial charge in [-0.25, -0.2) is 4.98 Å². The molecule has 0 fully saturated rings. The number of halogens is 2.